The van der Waals surface area contributed by atoms with Gasteiger partial charge in [-0.25, -0.2) is 0 Å². The smallest absolute Gasteiger partial charge is 0.211 e. The quantitative estimate of drug-likeness (QED) is 0.705. The highest BCUT2D eigenvalue weighted by Gasteiger charge is 2.01. The van der Waals surface area contributed by atoms with Gasteiger partial charge in [-0.15, -0.1) is 0 Å². The maximum absolute atomic E-state index is 10.6. The highest BCUT2D eigenvalue weighted by atomic mass is 16.2. The van der Waals surface area contributed by atoms with Gasteiger partial charge in [0.05, 0.1) is 11.4 Å². The predicted molar refractivity (Wildman–Crippen MR) is 102 cm³/mol. The molecule has 1 amide bonds. The molecule has 2 heterocycles. The monoisotopic (exact) mass is 351 g/mol. The zero-order valence-electron chi connectivity index (χ0n) is 14.7. The molecule has 0 aliphatic carbocycles. The Morgan fingerprint density at radius 3 is 2.08 bits per heavy atom. The van der Waals surface area contributed by atoms with Gasteiger partial charge in [0.1, 0.15) is 6.29 Å². The number of aryl methyl sites for hydroxylation is 1. The Bertz CT molecular complexity index is 808. The number of hydrogen-bond acceptors (Lipinski definition) is 5. The molecule has 134 valence electrons. The van der Waals surface area contributed by atoms with Crippen molar-refractivity contribution in [1.29, 1.82) is 0 Å². The molecule has 0 unspecified atom stereocenters. The number of benzene rings is 1. The first-order valence-corrected chi connectivity index (χ1v) is 7.77. The van der Waals surface area contributed by atoms with Crippen molar-refractivity contribution in [1.82, 2.24) is 9.97 Å². The summed E-state index contributed by atoms with van der Waals surface area (Å²) in [5.74, 6) is 0. The first-order chi connectivity index (χ1) is 12.7. The van der Waals surface area contributed by atoms with E-state index in [1.54, 1.807) is 24.5 Å². The summed E-state index contributed by atoms with van der Waals surface area (Å²) in [6, 6.07) is 16.6. The van der Waals surface area contributed by atoms with Crippen molar-refractivity contribution in [3.8, 4) is 11.4 Å². The summed E-state index contributed by atoms with van der Waals surface area (Å²) in [6.07, 6.45) is 4.82. The molecular formula is C20H21N3O3. The number of anilines is 1. The average Bonchev–Trinajstić information content (AvgIpc) is 2.71. The zero-order chi connectivity index (χ0) is 19.2. The third kappa shape index (κ3) is 7.02. The summed E-state index contributed by atoms with van der Waals surface area (Å²) in [7, 11) is 1.00. The maximum atomic E-state index is 10.6. The summed E-state index contributed by atoms with van der Waals surface area (Å²) in [4.78, 5) is 28.9. The molecule has 2 N–H and O–H groups in total. The van der Waals surface area contributed by atoms with Gasteiger partial charge in [-0.2, -0.15) is 0 Å². The number of para-hydroxylation sites is 1. The molecule has 26 heavy (non-hydrogen) atoms. The van der Waals surface area contributed by atoms with Gasteiger partial charge in [-0.1, -0.05) is 18.2 Å². The molecule has 0 bridgehead atoms. The van der Waals surface area contributed by atoms with E-state index >= 15 is 0 Å². The third-order valence-corrected chi connectivity index (χ3v) is 3.10. The van der Waals surface area contributed by atoms with E-state index in [0.717, 1.165) is 36.0 Å². The predicted octanol–water partition coefficient (Wildman–Crippen LogP) is 3.13. The number of rotatable bonds is 4. The molecule has 0 aliphatic heterocycles. The van der Waals surface area contributed by atoms with E-state index in [1.807, 2.05) is 49.4 Å². The molecule has 6 nitrogen and oxygen atoms in total. The van der Waals surface area contributed by atoms with Crippen LogP contribution in [0, 0.1) is 6.92 Å². The second-order valence-electron chi connectivity index (χ2n) is 4.94. The fraction of sp³-hybridized carbons (Fsp3) is 0.100. The lowest BCUT2D eigenvalue weighted by atomic mass is 10.1. The van der Waals surface area contributed by atoms with Crippen LogP contribution >= 0.6 is 0 Å². The molecule has 6 heteroatoms. The second-order valence-corrected chi connectivity index (χ2v) is 4.94. The van der Waals surface area contributed by atoms with Gasteiger partial charge < -0.3 is 10.4 Å². The van der Waals surface area contributed by atoms with Gasteiger partial charge in [-0.3, -0.25) is 19.6 Å². The van der Waals surface area contributed by atoms with E-state index in [-0.39, 0.29) is 0 Å². The van der Waals surface area contributed by atoms with E-state index in [2.05, 4.69) is 15.3 Å². The van der Waals surface area contributed by atoms with Crippen molar-refractivity contribution in [2.24, 2.45) is 0 Å². The second kappa shape index (κ2) is 12.0. The SMILES string of the molecule is CO.Cc1ccnc(-c2cc(C=O)ccn2)c1.O=CNc1ccccc1. The van der Waals surface area contributed by atoms with E-state index in [0.29, 0.717) is 12.0 Å². The van der Waals surface area contributed by atoms with Crippen LogP contribution in [0.1, 0.15) is 15.9 Å². The Morgan fingerprint density at radius 2 is 1.50 bits per heavy atom. The number of aliphatic hydroxyl groups is 1. The minimum absolute atomic E-state index is 0.614. The zero-order valence-corrected chi connectivity index (χ0v) is 14.7. The van der Waals surface area contributed by atoms with Crippen LogP contribution in [-0.4, -0.2) is 34.9 Å². The Hall–Kier alpha value is -3.38. The first-order valence-electron chi connectivity index (χ1n) is 7.77. The lowest BCUT2D eigenvalue weighted by molar-refractivity contribution is -0.105. The van der Waals surface area contributed by atoms with E-state index in [9.17, 15) is 9.59 Å². The van der Waals surface area contributed by atoms with Crippen LogP contribution in [0.4, 0.5) is 5.69 Å². The van der Waals surface area contributed by atoms with Crippen molar-refractivity contribution in [3.05, 3.63) is 78.1 Å². The van der Waals surface area contributed by atoms with Crippen molar-refractivity contribution >= 4 is 18.4 Å². The van der Waals surface area contributed by atoms with Gasteiger partial charge >= 0.3 is 0 Å². The number of carbonyl (C=O) groups excluding carboxylic acids is 2. The van der Waals surface area contributed by atoms with Crippen LogP contribution in [0.5, 0.6) is 0 Å². The van der Waals surface area contributed by atoms with Crippen molar-refractivity contribution < 1.29 is 14.7 Å². The highest BCUT2D eigenvalue weighted by molar-refractivity contribution is 5.77. The standard InChI is InChI=1S/C12H10N2O.C7H7NO.CH4O/c1-9-2-4-13-11(6-9)12-7-10(8-15)3-5-14-12;9-6-8-7-4-2-1-3-5-7;1-2/h2-8H,1H3;1-6H,(H,8,9);2H,1H3. The van der Waals surface area contributed by atoms with Crippen LogP contribution in [0.3, 0.4) is 0 Å². The van der Waals surface area contributed by atoms with Crippen LogP contribution in [0.2, 0.25) is 0 Å². The Morgan fingerprint density at radius 1 is 0.885 bits per heavy atom. The van der Waals surface area contributed by atoms with Gasteiger partial charge in [0.2, 0.25) is 6.41 Å². The number of aliphatic hydroxyl groups excluding tert-OH is 1. The average molecular weight is 351 g/mol. The summed E-state index contributed by atoms with van der Waals surface area (Å²) in [6.45, 7) is 1.99. The molecule has 3 rings (SSSR count). The number of carbonyl (C=O) groups is 2. The molecule has 2 aromatic heterocycles. The molecule has 0 radical (unpaired) electrons. The number of nitrogens with one attached hydrogen (secondary N) is 1. The molecule has 1 aromatic carbocycles. The maximum Gasteiger partial charge on any atom is 0.211 e. The number of pyridine rings is 2. The van der Waals surface area contributed by atoms with Crippen molar-refractivity contribution in [3.63, 3.8) is 0 Å². The molecule has 0 saturated carbocycles. The first kappa shape index (κ1) is 20.7. The van der Waals surface area contributed by atoms with Crippen molar-refractivity contribution in [2.45, 2.75) is 6.92 Å². The summed E-state index contributed by atoms with van der Waals surface area (Å²) >= 11 is 0. The summed E-state index contributed by atoms with van der Waals surface area (Å²) in [5.41, 5.74) is 4.08. The molecule has 0 aliphatic rings. The van der Waals surface area contributed by atoms with E-state index in [1.165, 1.54) is 0 Å². The number of aldehydes is 1. The third-order valence-electron chi connectivity index (χ3n) is 3.10. The minimum atomic E-state index is 0.614. The number of amides is 1. The van der Waals surface area contributed by atoms with Crippen LogP contribution in [0.25, 0.3) is 11.4 Å². The topological polar surface area (TPSA) is 92.2 Å². The van der Waals surface area contributed by atoms with Gasteiger partial charge in [0, 0.05) is 30.8 Å². The van der Waals surface area contributed by atoms with Crippen LogP contribution < -0.4 is 5.32 Å². The molecular weight excluding hydrogens is 330 g/mol. The van der Waals surface area contributed by atoms with Crippen LogP contribution in [-0.2, 0) is 4.79 Å². The lowest BCUT2D eigenvalue weighted by Crippen LogP contribution is -1.91. The highest BCUT2D eigenvalue weighted by Crippen LogP contribution is 2.15. The fourth-order valence-corrected chi connectivity index (χ4v) is 1.94. The minimum Gasteiger partial charge on any atom is -0.400 e. The fourth-order valence-electron chi connectivity index (χ4n) is 1.94. The molecule has 0 atom stereocenters. The van der Waals surface area contributed by atoms with E-state index < -0.39 is 0 Å². The Labute approximate surface area is 152 Å². The lowest BCUT2D eigenvalue weighted by Gasteiger charge is -2.01. The molecule has 0 saturated heterocycles. The largest absolute Gasteiger partial charge is 0.400 e. The van der Waals surface area contributed by atoms with Gasteiger partial charge in [-0.05, 0) is 48.9 Å². The van der Waals surface area contributed by atoms with Gasteiger partial charge in [0.25, 0.3) is 0 Å². The molecule has 3 aromatic rings. The van der Waals surface area contributed by atoms with Gasteiger partial charge in [0.15, 0.2) is 0 Å². The van der Waals surface area contributed by atoms with Crippen molar-refractivity contribution in [2.75, 3.05) is 12.4 Å². The molecule has 0 fully saturated rings. The molecule has 0 spiro atoms. The summed E-state index contributed by atoms with van der Waals surface area (Å²) in [5, 5.41) is 9.53. The number of aromatic nitrogens is 2. The number of nitrogens with zero attached hydrogens (tertiary/aromatic N) is 2. The van der Waals surface area contributed by atoms with Crippen LogP contribution in [0.15, 0.2) is 67.0 Å². The Balaban J connectivity index is 0.000000263. The normalized spacial score (nSPS) is 8.88. The van der Waals surface area contributed by atoms with E-state index in [4.69, 9.17) is 5.11 Å². The summed E-state index contributed by atoms with van der Waals surface area (Å²) < 4.78 is 0. The number of hydrogen-bond donors (Lipinski definition) is 2. The Kier molecular flexibility index (Phi) is 9.58.